The largest absolute Gasteiger partial charge is 0.461 e. The van der Waals surface area contributed by atoms with Gasteiger partial charge >= 0.3 is 0 Å². The molecule has 2 N–H and O–H groups in total. The Morgan fingerprint density at radius 3 is 3.19 bits per heavy atom. The molecule has 16 heavy (non-hydrogen) atoms. The fourth-order valence-electron chi connectivity index (χ4n) is 2.06. The van der Waals surface area contributed by atoms with E-state index in [0.717, 1.165) is 30.7 Å². The Bertz CT molecular complexity index is 493. The molecule has 0 aliphatic heterocycles. The molecule has 1 unspecified atom stereocenters. The molecule has 2 aromatic heterocycles. The number of hydrogen-bond donors (Lipinski definition) is 1. The molecule has 0 bridgehead atoms. The molecular weight excluding hydrogens is 202 g/mol. The van der Waals surface area contributed by atoms with Crippen LogP contribution in [0.2, 0.25) is 0 Å². The van der Waals surface area contributed by atoms with Crippen LogP contribution in [-0.2, 0) is 12.8 Å². The lowest BCUT2D eigenvalue weighted by Crippen LogP contribution is -2.28. The van der Waals surface area contributed by atoms with E-state index in [9.17, 15) is 0 Å². The maximum Gasteiger partial charge on any atom is 0.195 e. The van der Waals surface area contributed by atoms with Crippen molar-refractivity contribution in [3.63, 3.8) is 0 Å². The normalized spacial score (nSPS) is 19.4. The van der Waals surface area contributed by atoms with Crippen LogP contribution in [0.3, 0.4) is 0 Å². The lowest BCUT2D eigenvalue weighted by atomic mass is 9.93. The summed E-state index contributed by atoms with van der Waals surface area (Å²) in [5.41, 5.74) is 8.20. The number of fused-ring (bicyclic) bond motifs is 1. The van der Waals surface area contributed by atoms with Crippen LogP contribution in [0.15, 0.2) is 29.0 Å². The minimum absolute atomic E-state index is 0.255. The highest BCUT2D eigenvalue weighted by atomic mass is 16.3. The van der Waals surface area contributed by atoms with Crippen molar-refractivity contribution in [1.82, 2.24) is 9.97 Å². The van der Waals surface area contributed by atoms with Crippen LogP contribution in [0.25, 0.3) is 11.6 Å². The second kappa shape index (κ2) is 3.72. The zero-order chi connectivity index (χ0) is 11.0. The topological polar surface area (TPSA) is 64.9 Å². The van der Waals surface area contributed by atoms with Crippen LogP contribution in [0.4, 0.5) is 0 Å². The van der Waals surface area contributed by atoms with Gasteiger partial charge in [-0.25, -0.2) is 9.97 Å². The molecule has 82 valence electrons. The van der Waals surface area contributed by atoms with Crippen LogP contribution in [0, 0.1) is 0 Å². The van der Waals surface area contributed by atoms with Gasteiger partial charge < -0.3 is 10.2 Å². The van der Waals surface area contributed by atoms with Gasteiger partial charge in [-0.15, -0.1) is 0 Å². The Kier molecular flexibility index (Phi) is 2.22. The first-order valence-corrected chi connectivity index (χ1v) is 5.47. The molecule has 0 amide bonds. The third-order valence-corrected chi connectivity index (χ3v) is 2.93. The van der Waals surface area contributed by atoms with E-state index in [0.29, 0.717) is 5.82 Å². The van der Waals surface area contributed by atoms with Crippen LogP contribution in [-0.4, -0.2) is 16.0 Å². The van der Waals surface area contributed by atoms with Crippen molar-refractivity contribution in [2.75, 3.05) is 0 Å². The second-order valence-electron chi connectivity index (χ2n) is 4.15. The fourth-order valence-corrected chi connectivity index (χ4v) is 2.06. The highest BCUT2D eigenvalue weighted by Gasteiger charge is 2.18. The van der Waals surface area contributed by atoms with Crippen LogP contribution < -0.4 is 5.73 Å². The van der Waals surface area contributed by atoms with Crippen molar-refractivity contribution < 1.29 is 4.42 Å². The zero-order valence-electron chi connectivity index (χ0n) is 8.89. The van der Waals surface area contributed by atoms with Gasteiger partial charge in [0.05, 0.1) is 6.26 Å². The summed E-state index contributed by atoms with van der Waals surface area (Å²) in [6.45, 7) is 0. The summed E-state index contributed by atoms with van der Waals surface area (Å²) in [7, 11) is 0. The molecule has 1 atom stereocenters. The molecule has 0 spiro atoms. The zero-order valence-corrected chi connectivity index (χ0v) is 8.89. The van der Waals surface area contributed by atoms with Crippen LogP contribution in [0.1, 0.15) is 17.7 Å². The van der Waals surface area contributed by atoms with Crippen molar-refractivity contribution in [2.45, 2.75) is 25.3 Å². The van der Waals surface area contributed by atoms with E-state index in [-0.39, 0.29) is 6.04 Å². The van der Waals surface area contributed by atoms with Gasteiger partial charge in [0, 0.05) is 17.9 Å². The number of rotatable bonds is 1. The summed E-state index contributed by atoms with van der Waals surface area (Å²) >= 11 is 0. The minimum Gasteiger partial charge on any atom is -0.461 e. The number of nitrogens with two attached hydrogens (primary N) is 1. The summed E-state index contributed by atoms with van der Waals surface area (Å²) < 4.78 is 5.28. The summed E-state index contributed by atoms with van der Waals surface area (Å²) in [6, 6.07) is 3.97. The van der Waals surface area contributed by atoms with Crippen molar-refractivity contribution >= 4 is 0 Å². The maximum absolute atomic E-state index is 5.91. The molecule has 4 nitrogen and oxygen atoms in total. The predicted octanol–water partition coefficient (Wildman–Crippen LogP) is 1.55. The van der Waals surface area contributed by atoms with E-state index in [4.69, 9.17) is 10.2 Å². The van der Waals surface area contributed by atoms with Crippen LogP contribution in [0.5, 0.6) is 0 Å². The van der Waals surface area contributed by atoms with Crippen LogP contribution >= 0.6 is 0 Å². The second-order valence-corrected chi connectivity index (χ2v) is 4.15. The van der Waals surface area contributed by atoms with E-state index in [1.54, 1.807) is 6.26 Å². The first-order chi connectivity index (χ1) is 7.83. The molecule has 0 saturated heterocycles. The molecule has 0 aromatic carbocycles. The van der Waals surface area contributed by atoms with Gasteiger partial charge in [0.1, 0.15) is 0 Å². The molecular formula is C12H13N3O. The van der Waals surface area contributed by atoms with E-state index < -0.39 is 0 Å². The van der Waals surface area contributed by atoms with E-state index in [1.807, 2.05) is 18.3 Å². The van der Waals surface area contributed by atoms with Gasteiger partial charge in [-0.05, 0) is 37.0 Å². The van der Waals surface area contributed by atoms with E-state index in [2.05, 4.69) is 9.97 Å². The molecule has 1 aliphatic rings. The Hall–Kier alpha value is -1.68. The summed E-state index contributed by atoms with van der Waals surface area (Å²) in [4.78, 5) is 8.84. The molecule has 0 saturated carbocycles. The van der Waals surface area contributed by atoms with Gasteiger partial charge in [0.15, 0.2) is 11.6 Å². The molecule has 3 rings (SSSR count). The fraction of sp³-hybridized carbons (Fsp3) is 0.333. The monoisotopic (exact) mass is 215 g/mol. The Balaban J connectivity index is 2.00. The molecule has 2 aromatic rings. The average molecular weight is 215 g/mol. The quantitative estimate of drug-likeness (QED) is 0.783. The SMILES string of the molecule is NC1CCc2nc(-c3ccco3)ncc2C1. The highest BCUT2D eigenvalue weighted by Crippen LogP contribution is 2.21. The first-order valence-electron chi connectivity index (χ1n) is 5.47. The molecule has 0 fully saturated rings. The highest BCUT2D eigenvalue weighted by molar-refractivity contribution is 5.47. The van der Waals surface area contributed by atoms with Gasteiger partial charge in [0.25, 0.3) is 0 Å². The molecule has 2 heterocycles. The predicted molar refractivity (Wildman–Crippen MR) is 59.7 cm³/mol. The van der Waals surface area contributed by atoms with Gasteiger partial charge in [-0.3, -0.25) is 0 Å². The van der Waals surface area contributed by atoms with E-state index >= 15 is 0 Å². The first kappa shape index (κ1) is 9.54. The number of nitrogens with zero attached hydrogens (tertiary/aromatic N) is 2. The van der Waals surface area contributed by atoms with Crippen molar-refractivity contribution in [2.24, 2.45) is 5.73 Å². The average Bonchev–Trinajstić information content (AvgIpc) is 2.82. The standard InChI is InChI=1S/C12H13N3O/c13-9-3-4-10-8(6-9)7-14-12(15-10)11-2-1-5-16-11/h1-2,5,7,9H,3-4,6,13H2. The Morgan fingerprint density at radius 2 is 2.38 bits per heavy atom. The molecule has 1 aliphatic carbocycles. The number of aromatic nitrogens is 2. The van der Waals surface area contributed by atoms with Crippen molar-refractivity contribution in [3.05, 3.63) is 35.9 Å². The smallest absolute Gasteiger partial charge is 0.195 e. The third-order valence-electron chi connectivity index (χ3n) is 2.93. The Labute approximate surface area is 93.5 Å². The number of aryl methyl sites for hydroxylation is 1. The number of furan rings is 1. The van der Waals surface area contributed by atoms with Crippen molar-refractivity contribution in [1.29, 1.82) is 0 Å². The maximum atomic E-state index is 5.91. The third kappa shape index (κ3) is 1.61. The lowest BCUT2D eigenvalue weighted by Gasteiger charge is -2.19. The minimum atomic E-state index is 0.255. The van der Waals surface area contributed by atoms with E-state index in [1.165, 1.54) is 5.56 Å². The van der Waals surface area contributed by atoms with Crippen molar-refractivity contribution in [3.8, 4) is 11.6 Å². The summed E-state index contributed by atoms with van der Waals surface area (Å²) in [5.74, 6) is 1.39. The van der Waals surface area contributed by atoms with Gasteiger partial charge in [-0.1, -0.05) is 0 Å². The Morgan fingerprint density at radius 1 is 1.44 bits per heavy atom. The summed E-state index contributed by atoms with van der Waals surface area (Å²) in [6.07, 6.45) is 6.33. The molecule has 0 radical (unpaired) electrons. The lowest BCUT2D eigenvalue weighted by molar-refractivity contribution is 0.557. The summed E-state index contributed by atoms with van der Waals surface area (Å²) in [5, 5.41) is 0. The number of hydrogen-bond acceptors (Lipinski definition) is 4. The van der Waals surface area contributed by atoms with Gasteiger partial charge in [0.2, 0.25) is 0 Å². The molecule has 4 heteroatoms. The van der Waals surface area contributed by atoms with Gasteiger partial charge in [-0.2, -0.15) is 0 Å².